The highest BCUT2D eigenvalue weighted by Gasteiger charge is 2.17. The normalized spacial score (nSPS) is 12.6. The van der Waals surface area contributed by atoms with Crippen LogP contribution in [0.1, 0.15) is 28.4 Å². The number of likely N-dealkylation sites (N-methyl/N-ethyl adjacent to an activating group) is 1. The van der Waals surface area contributed by atoms with Crippen molar-refractivity contribution in [2.24, 2.45) is 0 Å². The summed E-state index contributed by atoms with van der Waals surface area (Å²) in [7, 11) is 0. The van der Waals surface area contributed by atoms with E-state index in [1.54, 1.807) is 23.6 Å². The lowest BCUT2D eigenvalue weighted by molar-refractivity contribution is 0.483. The van der Waals surface area contributed by atoms with E-state index in [0.29, 0.717) is 12.0 Å². The molecule has 2 nitrogen and oxygen atoms in total. The molecule has 1 aromatic heterocycles. The van der Waals surface area contributed by atoms with Gasteiger partial charge in [0.1, 0.15) is 0 Å². The summed E-state index contributed by atoms with van der Waals surface area (Å²) in [5.41, 5.74) is 0.386. The molecule has 2 rings (SSSR count). The van der Waals surface area contributed by atoms with Crippen molar-refractivity contribution >= 4 is 11.3 Å². The maximum atomic E-state index is 13.7. The Morgan fingerprint density at radius 2 is 2.16 bits per heavy atom. The first kappa shape index (κ1) is 14.1. The lowest BCUT2D eigenvalue weighted by atomic mass is 10.0. The number of rotatable bonds is 5. The number of nitrogens with one attached hydrogen (secondary N) is 1. The molecule has 0 aliphatic carbocycles. The maximum absolute atomic E-state index is 13.7. The van der Waals surface area contributed by atoms with Crippen LogP contribution in [-0.4, -0.2) is 11.5 Å². The molecule has 1 heterocycles. The first-order valence-corrected chi connectivity index (χ1v) is 7.02. The van der Waals surface area contributed by atoms with Gasteiger partial charge in [0.2, 0.25) is 0 Å². The summed E-state index contributed by atoms with van der Waals surface area (Å²) in [6.45, 7) is 4.68. The number of halogens is 2. The molecule has 1 N–H and O–H groups in total. The van der Waals surface area contributed by atoms with Gasteiger partial charge in [0, 0.05) is 17.1 Å². The molecule has 2 aromatic rings. The van der Waals surface area contributed by atoms with E-state index in [9.17, 15) is 8.78 Å². The molecule has 0 saturated carbocycles. The summed E-state index contributed by atoms with van der Waals surface area (Å²) < 4.78 is 26.9. The second-order valence-electron chi connectivity index (χ2n) is 4.31. The number of aromatic nitrogens is 1. The summed E-state index contributed by atoms with van der Waals surface area (Å²) in [5, 5.41) is 4.26. The summed E-state index contributed by atoms with van der Waals surface area (Å²) >= 11 is 1.58. The van der Waals surface area contributed by atoms with Gasteiger partial charge in [0.15, 0.2) is 11.6 Å². The van der Waals surface area contributed by atoms with E-state index >= 15 is 0 Å². The number of benzene rings is 1. The lowest BCUT2D eigenvalue weighted by Crippen LogP contribution is -2.22. The Bertz CT molecular complexity index is 554. The average molecular weight is 282 g/mol. The van der Waals surface area contributed by atoms with Gasteiger partial charge < -0.3 is 5.32 Å². The van der Waals surface area contributed by atoms with Gasteiger partial charge in [-0.15, -0.1) is 11.3 Å². The van der Waals surface area contributed by atoms with Crippen molar-refractivity contribution in [2.75, 3.05) is 6.54 Å². The van der Waals surface area contributed by atoms with Crippen molar-refractivity contribution in [3.63, 3.8) is 0 Å². The molecule has 0 radical (unpaired) electrons. The third-order valence-electron chi connectivity index (χ3n) is 2.89. The largest absolute Gasteiger partial charge is 0.309 e. The SMILES string of the molecule is CCNC(Cc1cccc(F)c1F)c1cnc(C)s1. The van der Waals surface area contributed by atoms with Crippen LogP contribution < -0.4 is 5.32 Å². The molecule has 0 bridgehead atoms. The van der Waals surface area contributed by atoms with E-state index in [2.05, 4.69) is 10.3 Å². The van der Waals surface area contributed by atoms with Crippen molar-refractivity contribution in [1.82, 2.24) is 10.3 Å². The van der Waals surface area contributed by atoms with E-state index in [4.69, 9.17) is 0 Å². The molecule has 0 spiro atoms. The van der Waals surface area contributed by atoms with Crippen molar-refractivity contribution < 1.29 is 8.78 Å². The summed E-state index contributed by atoms with van der Waals surface area (Å²) in [6, 6.07) is 4.26. The Labute approximate surface area is 115 Å². The predicted molar refractivity (Wildman–Crippen MR) is 73.3 cm³/mol. The number of hydrogen-bond acceptors (Lipinski definition) is 3. The zero-order valence-electron chi connectivity index (χ0n) is 10.9. The van der Waals surface area contributed by atoms with Gasteiger partial charge in [-0.05, 0) is 31.5 Å². The van der Waals surface area contributed by atoms with Crippen LogP contribution in [0, 0.1) is 18.6 Å². The Kier molecular flexibility index (Phi) is 4.61. The summed E-state index contributed by atoms with van der Waals surface area (Å²) in [5.74, 6) is -1.56. The first-order chi connectivity index (χ1) is 9.11. The van der Waals surface area contributed by atoms with E-state index < -0.39 is 11.6 Å². The highest BCUT2D eigenvalue weighted by Crippen LogP contribution is 2.25. The second kappa shape index (κ2) is 6.21. The number of nitrogens with zero attached hydrogens (tertiary/aromatic N) is 1. The predicted octanol–water partition coefficient (Wildman–Crippen LogP) is 3.62. The van der Waals surface area contributed by atoms with Gasteiger partial charge in [-0.25, -0.2) is 13.8 Å². The second-order valence-corrected chi connectivity index (χ2v) is 5.58. The van der Waals surface area contributed by atoms with Gasteiger partial charge in [0.05, 0.1) is 5.01 Å². The molecule has 0 fully saturated rings. The Hall–Kier alpha value is -1.33. The van der Waals surface area contributed by atoms with E-state index in [1.807, 2.05) is 13.8 Å². The van der Waals surface area contributed by atoms with Crippen LogP contribution in [0.5, 0.6) is 0 Å². The van der Waals surface area contributed by atoms with Crippen LogP contribution in [0.15, 0.2) is 24.4 Å². The molecule has 0 amide bonds. The van der Waals surface area contributed by atoms with E-state index in [-0.39, 0.29) is 6.04 Å². The van der Waals surface area contributed by atoms with Gasteiger partial charge in [-0.3, -0.25) is 0 Å². The standard InChI is InChI=1S/C14H16F2N2S/c1-3-17-12(13-8-18-9(2)19-13)7-10-5-4-6-11(15)14(10)16/h4-6,8,12,17H,3,7H2,1-2H3. The van der Waals surface area contributed by atoms with Gasteiger partial charge >= 0.3 is 0 Å². The van der Waals surface area contributed by atoms with Crippen LogP contribution in [0.3, 0.4) is 0 Å². The highest BCUT2D eigenvalue weighted by atomic mass is 32.1. The lowest BCUT2D eigenvalue weighted by Gasteiger charge is -2.16. The fraction of sp³-hybridized carbons (Fsp3) is 0.357. The Morgan fingerprint density at radius 3 is 2.79 bits per heavy atom. The van der Waals surface area contributed by atoms with Gasteiger partial charge in [0.25, 0.3) is 0 Å². The minimum absolute atomic E-state index is 0.0347. The topological polar surface area (TPSA) is 24.9 Å². The quantitative estimate of drug-likeness (QED) is 0.906. The van der Waals surface area contributed by atoms with Gasteiger partial charge in [-0.2, -0.15) is 0 Å². The molecule has 1 unspecified atom stereocenters. The number of aryl methyl sites for hydroxylation is 1. The average Bonchev–Trinajstić information content (AvgIpc) is 2.81. The molecule has 5 heteroatoms. The van der Waals surface area contributed by atoms with Crippen LogP contribution in [0.4, 0.5) is 8.78 Å². The molecule has 0 aliphatic heterocycles. The van der Waals surface area contributed by atoms with Crippen LogP contribution in [0.25, 0.3) is 0 Å². The Balaban J connectivity index is 2.23. The molecule has 0 saturated heterocycles. The van der Waals surface area contributed by atoms with Crippen molar-refractivity contribution in [3.05, 3.63) is 51.5 Å². The van der Waals surface area contributed by atoms with Crippen molar-refractivity contribution in [3.8, 4) is 0 Å². The molecule has 102 valence electrons. The third-order valence-corrected chi connectivity index (χ3v) is 3.92. The van der Waals surface area contributed by atoms with E-state index in [0.717, 1.165) is 22.5 Å². The first-order valence-electron chi connectivity index (χ1n) is 6.20. The monoisotopic (exact) mass is 282 g/mol. The zero-order chi connectivity index (χ0) is 13.8. The fourth-order valence-electron chi connectivity index (χ4n) is 1.98. The minimum Gasteiger partial charge on any atom is -0.309 e. The smallest absolute Gasteiger partial charge is 0.162 e. The van der Waals surface area contributed by atoms with Crippen LogP contribution in [-0.2, 0) is 6.42 Å². The summed E-state index contributed by atoms with van der Waals surface area (Å²) in [4.78, 5) is 5.26. The van der Waals surface area contributed by atoms with E-state index in [1.165, 1.54) is 6.07 Å². The Morgan fingerprint density at radius 1 is 1.37 bits per heavy atom. The maximum Gasteiger partial charge on any atom is 0.162 e. The fourth-order valence-corrected chi connectivity index (χ4v) is 2.85. The van der Waals surface area contributed by atoms with Crippen LogP contribution in [0.2, 0.25) is 0 Å². The van der Waals surface area contributed by atoms with Crippen LogP contribution >= 0.6 is 11.3 Å². The van der Waals surface area contributed by atoms with Gasteiger partial charge in [-0.1, -0.05) is 19.1 Å². The molecule has 1 atom stereocenters. The number of hydrogen-bond donors (Lipinski definition) is 1. The molecule has 0 aliphatic rings. The zero-order valence-corrected chi connectivity index (χ0v) is 11.7. The molecule has 19 heavy (non-hydrogen) atoms. The summed E-state index contributed by atoms with van der Waals surface area (Å²) in [6.07, 6.45) is 2.21. The molecular formula is C14H16F2N2S. The van der Waals surface area contributed by atoms with Crippen molar-refractivity contribution in [1.29, 1.82) is 0 Å². The molecule has 1 aromatic carbocycles. The van der Waals surface area contributed by atoms with Crippen molar-refractivity contribution in [2.45, 2.75) is 26.3 Å². The highest BCUT2D eigenvalue weighted by molar-refractivity contribution is 7.11. The number of thiazole rings is 1. The third kappa shape index (κ3) is 3.36. The molecular weight excluding hydrogens is 266 g/mol. The minimum atomic E-state index is -0.798.